The van der Waals surface area contributed by atoms with Crippen LogP contribution in [0.1, 0.15) is 36.1 Å². The highest BCUT2D eigenvalue weighted by atomic mass is 16.5. The third-order valence-corrected chi connectivity index (χ3v) is 8.41. The molecule has 0 saturated heterocycles. The molecule has 41 heavy (non-hydrogen) atoms. The minimum absolute atomic E-state index is 0.128. The van der Waals surface area contributed by atoms with Crippen LogP contribution in [0.2, 0.25) is 0 Å². The largest absolute Gasteiger partial charge is 0.488 e. The molecule has 6 aromatic carbocycles. The van der Waals surface area contributed by atoms with E-state index in [1.165, 1.54) is 60.0 Å². The molecule has 1 aromatic heterocycles. The summed E-state index contributed by atoms with van der Waals surface area (Å²) in [6.45, 7) is 2.87. The number of hydrogen-bond acceptors (Lipinski definition) is 2. The van der Waals surface area contributed by atoms with Crippen molar-refractivity contribution >= 4 is 43.4 Å². The van der Waals surface area contributed by atoms with Gasteiger partial charge in [-0.1, -0.05) is 110 Å². The van der Waals surface area contributed by atoms with Crippen LogP contribution in [0.5, 0.6) is 5.75 Å². The van der Waals surface area contributed by atoms with E-state index in [-0.39, 0.29) is 6.04 Å². The molecule has 0 saturated carbocycles. The Morgan fingerprint density at radius 2 is 1.24 bits per heavy atom. The zero-order chi connectivity index (χ0) is 27.8. The molecular weight excluding hydrogens is 500 g/mol. The lowest BCUT2D eigenvalue weighted by atomic mass is 9.79. The highest BCUT2D eigenvalue weighted by molar-refractivity contribution is 6.11. The van der Waals surface area contributed by atoms with Gasteiger partial charge in [-0.25, -0.2) is 0 Å². The Hall–Kier alpha value is -4.60. The molecule has 0 amide bonds. The van der Waals surface area contributed by atoms with Crippen molar-refractivity contribution in [2.45, 2.75) is 32.4 Å². The molecule has 202 valence electrons. The second-order valence-corrected chi connectivity index (χ2v) is 11.3. The summed E-state index contributed by atoms with van der Waals surface area (Å²) in [6.07, 6.45) is 2.14. The van der Waals surface area contributed by atoms with Crippen LogP contribution in [-0.4, -0.2) is 4.98 Å². The van der Waals surface area contributed by atoms with Crippen LogP contribution in [-0.2, 0) is 13.0 Å². The molecular formula is C38H34N2O. The molecule has 1 aliphatic carbocycles. The number of para-hydroxylation sites is 2. The topological polar surface area (TPSA) is 51.0 Å². The van der Waals surface area contributed by atoms with Gasteiger partial charge in [0.2, 0.25) is 0 Å². The summed E-state index contributed by atoms with van der Waals surface area (Å²) in [4.78, 5) is 3.38. The maximum Gasteiger partial charge on any atom is 0.128 e. The smallest absolute Gasteiger partial charge is 0.128 e. The van der Waals surface area contributed by atoms with Gasteiger partial charge >= 0.3 is 0 Å². The summed E-state index contributed by atoms with van der Waals surface area (Å²) in [6, 6.07) is 42.5. The molecule has 2 atom stereocenters. The normalized spacial score (nSPS) is 16.4. The highest BCUT2D eigenvalue weighted by Gasteiger charge is 2.24. The molecule has 1 heterocycles. The predicted molar refractivity (Wildman–Crippen MR) is 172 cm³/mol. The molecule has 1 aliphatic rings. The van der Waals surface area contributed by atoms with E-state index in [4.69, 9.17) is 10.5 Å². The van der Waals surface area contributed by atoms with E-state index in [0.29, 0.717) is 12.5 Å². The van der Waals surface area contributed by atoms with E-state index in [2.05, 4.69) is 127 Å². The summed E-state index contributed by atoms with van der Waals surface area (Å²) < 4.78 is 6.33. The average Bonchev–Trinajstić information content (AvgIpc) is 3.39. The summed E-state index contributed by atoms with van der Waals surface area (Å²) in [7, 11) is 0. The fourth-order valence-electron chi connectivity index (χ4n) is 6.44. The van der Waals surface area contributed by atoms with Gasteiger partial charge in [0, 0.05) is 33.2 Å². The number of fused-ring (bicyclic) bond motifs is 8. The first kappa shape index (κ1) is 25.4. The van der Waals surface area contributed by atoms with Crippen LogP contribution in [0.4, 0.5) is 0 Å². The molecule has 8 rings (SSSR count). The summed E-state index contributed by atoms with van der Waals surface area (Å²) in [5, 5.41) is 7.61. The van der Waals surface area contributed by atoms with Crippen molar-refractivity contribution in [3.8, 4) is 5.75 Å². The van der Waals surface area contributed by atoms with Gasteiger partial charge in [0.05, 0.1) is 0 Å². The van der Waals surface area contributed by atoms with Crippen LogP contribution in [0.15, 0.2) is 121 Å². The van der Waals surface area contributed by atoms with E-state index >= 15 is 0 Å². The lowest BCUT2D eigenvalue weighted by Gasteiger charge is -2.29. The SMILES string of the molecule is CC1Cc2c(ccc3c2cc(OCc2ccccc2)c2ccccc23)C(N)C1.c1ccc2c(c1)[nH]c1ccccc12. The number of aromatic amines is 1. The van der Waals surface area contributed by atoms with Crippen LogP contribution in [0, 0.1) is 5.92 Å². The fourth-order valence-corrected chi connectivity index (χ4v) is 6.44. The molecule has 3 heteroatoms. The van der Waals surface area contributed by atoms with Crippen LogP contribution in [0.3, 0.4) is 0 Å². The number of benzene rings is 6. The molecule has 3 N–H and O–H groups in total. The summed E-state index contributed by atoms with van der Waals surface area (Å²) in [5.74, 6) is 1.56. The number of ether oxygens (including phenoxy) is 1. The summed E-state index contributed by atoms with van der Waals surface area (Å²) in [5.41, 5.74) is 12.8. The third kappa shape index (κ3) is 4.83. The molecule has 0 aliphatic heterocycles. The Balaban J connectivity index is 0.000000176. The first-order chi connectivity index (χ1) is 20.2. The van der Waals surface area contributed by atoms with E-state index < -0.39 is 0 Å². The Bertz CT molecular complexity index is 1940. The number of aromatic nitrogens is 1. The van der Waals surface area contributed by atoms with E-state index in [1.54, 1.807) is 0 Å². The third-order valence-electron chi connectivity index (χ3n) is 8.41. The van der Waals surface area contributed by atoms with Crippen LogP contribution in [0.25, 0.3) is 43.4 Å². The van der Waals surface area contributed by atoms with Crippen molar-refractivity contribution in [3.05, 3.63) is 138 Å². The molecule has 7 aromatic rings. The van der Waals surface area contributed by atoms with Gasteiger partial charge in [-0.05, 0) is 69.8 Å². The highest BCUT2D eigenvalue weighted by Crippen LogP contribution is 2.41. The quantitative estimate of drug-likeness (QED) is 0.222. The van der Waals surface area contributed by atoms with Gasteiger partial charge in [-0.15, -0.1) is 0 Å². The minimum Gasteiger partial charge on any atom is -0.488 e. The van der Waals surface area contributed by atoms with Gasteiger partial charge in [-0.3, -0.25) is 0 Å². The van der Waals surface area contributed by atoms with Gasteiger partial charge < -0.3 is 15.5 Å². The van der Waals surface area contributed by atoms with Crippen molar-refractivity contribution in [3.63, 3.8) is 0 Å². The Morgan fingerprint density at radius 1 is 0.659 bits per heavy atom. The zero-order valence-electron chi connectivity index (χ0n) is 23.3. The molecule has 0 bridgehead atoms. The predicted octanol–water partition coefficient (Wildman–Crippen LogP) is 9.48. The average molecular weight is 535 g/mol. The van der Waals surface area contributed by atoms with Crippen molar-refractivity contribution in [2.24, 2.45) is 11.7 Å². The molecule has 0 fully saturated rings. The van der Waals surface area contributed by atoms with Crippen LogP contribution >= 0.6 is 0 Å². The number of H-pyrrole nitrogens is 1. The first-order valence-corrected chi connectivity index (χ1v) is 14.5. The lowest BCUT2D eigenvalue weighted by Crippen LogP contribution is -2.22. The Kier molecular flexibility index (Phi) is 6.66. The second-order valence-electron chi connectivity index (χ2n) is 11.3. The summed E-state index contributed by atoms with van der Waals surface area (Å²) >= 11 is 0. The van der Waals surface area contributed by atoms with Crippen molar-refractivity contribution in [1.82, 2.24) is 4.98 Å². The number of hydrogen-bond donors (Lipinski definition) is 2. The molecule has 0 spiro atoms. The molecule has 2 unspecified atom stereocenters. The van der Waals surface area contributed by atoms with E-state index in [9.17, 15) is 0 Å². The standard InChI is InChI=1S/C26H25NO.C12H9N/c1-17-13-23-21(25(27)14-17)12-11-20-19-9-5-6-10-22(19)26(15-24(20)23)28-16-18-7-3-2-4-8-18;1-3-7-11-9(5-1)10-6-2-4-8-12(10)13-11/h2-12,15,17,25H,13-14,16,27H2,1H3;1-8,13H. The van der Waals surface area contributed by atoms with E-state index in [0.717, 1.165) is 18.6 Å². The number of rotatable bonds is 3. The first-order valence-electron chi connectivity index (χ1n) is 14.5. The van der Waals surface area contributed by atoms with Gasteiger partial charge in [-0.2, -0.15) is 0 Å². The number of nitrogens with one attached hydrogen (secondary N) is 1. The van der Waals surface area contributed by atoms with Gasteiger partial charge in [0.25, 0.3) is 0 Å². The Morgan fingerprint density at radius 3 is 1.95 bits per heavy atom. The monoisotopic (exact) mass is 534 g/mol. The maximum absolute atomic E-state index is 6.48. The van der Waals surface area contributed by atoms with Gasteiger partial charge in [0.1, 0.15) is 12.4 Å². The molecule has 0 radical (unpaired) electrons. The van der Waals surface area contributed by atoms with Crippen molar-refractivity contribution in [2.75, 3.05) is 0 Å². The van der Waals surface area contributed by atoms with Crippen LogP contribution < -0.4 is 10.5 Å². The fraction of sp³-hybridized carbons (Fsp3) is 0.158. The zero-order valence-corrected chi connectivity index (χ0v) is 23.3. The second kappa shape index (κ2) is 10.8. The Labute approximate surface area is 240 Å². The van der Waals surface area contributed by atoms with Crippen molar-refractivity contribution in [1.29, 1.82) is 0 Å². The molecule has 3 nitrogen and oxygen atoms in total. The van der Waals surface area contributed by atoms with E-state index in [1.807, 2.05) is 6.07 Å². The van der Waals surface area contributed by atoms with Gasteiger partial charge in [0.15, 0.2) is 0 Å². The minimum atomic E-state index is 0.128. The maximum atomic E-state index is 6.48. The lowest BCUT2D eigenvalue weighted by molar-refractivity contribution is 0.310. The number of nitrogens with two attached hydrogens (primary N) is 1. The van der Waals surface area contributed by atoms with Crippen molar-refractivity contribution < 1.29 is 4.74 Å².